The molecule has 55 heavy (non-hydrogen) atoms. The first-order valence-corrected chi connectivity index (χ1v) is 18.9. The summed E-state index contributed by atoms with van der Waals surface area (Å²) in [5.74, 6) is 3.51. The van der Waals surface area contributed by atoms with Crippen molar-refractivity contribution in [1.29, 1.82) is 0 Å². The van der Waals surface area contributed by atoms with E-state index in [1.807, 2.05) is 47.6 Å². The summed E-state index contributed by atoms with van der Waals surface area (Å²) < 4.78 is 21.9. The standard InChI is InChI=1S/C41H43ClN8O5/c1-52-32-8-3-28(4-9-32)26-49(27-29-5-10-33(53-2)11-6-29)40-43-24-31(25-44-40)37-34-13-14-50(38(34)46-41(45-37)48-17-21-55-22-18-48)36-23-30(7-12-35(36)42)39(51)47-15-19-54-20-16-47/h3-12,23-25H,13-22,26-27H2,1-2H3. The Labute approximate surface area is 325 Å². The van der Waals surface area contributed by atoms with Crippen molar-refractivity contribution in [1.82, 2.24) is 24.8 Å². The third kappa shape index (κ3) is 8.00. The van der Waals surface area contributed by atoms with Crippen LogP contribution in [0.3, 0.4) is 0 Å². The molecule has 14 heteroatoms. The average Bonchev–Trinajstić information content (AvgIpc) is 3.68. The number of benzene rings is 3. The Bertz CT molecular complexity index is 2060. The maximum Gasteiger partial charge on any atom is 0.254 e. The molecular weight excluding hydrogens is 720 g/mol. The van der Waals surface area contributed by atoms with Gasteiger partial charge in [-0.1, -0.05) is 35.9 Å². The highest BCUT2D eigenvalue weighted by molar-refractivity contribution is 6.33. The number of carbonyl (C=O) groups is 1. The van der Waals surface area contributed by atoms with Gasteiger partial charge in [0, 0.05) is 74.9 Å². The van der Waals surface area contributed by atoms with Gasteiger partial charge >= 0.3 is 0 Å². The number of halogens is 1. The summed E-state index contributed by atoms with van der Waals surface area (Å²) in [7, 11) is 3.33. The van der Waals surface area contributed by atoms with E-state index >= 15 is 0 Å². The predicted molar refractivity (Wildman–Crippen MR) is 211 cm³/mol. The van der Waals surface area contributed by atoms with Crippen molar-refractivity contribution >= 4 is 40.9 Å². The molecule has 0 radical (unpaired) electrons. The molecule has 3 aliphatic heterocycles. The molecule has 0 bridgehead atoms. The highest BCUT2D eigenvalue weighted by atomic mass is 35.5. The Morgan fingerprint density at radius 2 is 1.38 bits per heavy atom. The summed E-state index contributed by atoms with van der Waals surface area (Å²) in [5, 5.41) is 0.543. The van der Waals surface area contributed by atoms with Gasteiger partial charge < -0.3 is 38.5 Å². The average molecular weight is 763 g/mol. The van der Waals surface area contributed by atoms with Gasteiger partial charge in [-0.3, -0.25) is 4.79 Å². The van der Waals surface area contributed by atoms with E-state index in [0.29, 0.717) is 101 Å². The third-order valence-electron chi connectivity index (χ3n) is 10.2. The van der Waals surface area contributed by atoms with Gasteiger partial charge in [-0.25, -0.2) is 15.0 Å². The molecule has 2 aromatic heterocycles. The minimum Gasteiger partial charge on any atom is -0.497 e. The van der Waals surface area contributed by atoms with Gasteiger partial charge in [0.2, 0.25) is 11.9 Å². The molecule has 3 aromatic carbocycles. The first-order valence-electron chi connectivity index (χ1n) is 18.5. The van der Waals surface area contributed by atoms with Gasteiger partial charge in [0.1, 0.15) is 17.3 Å². The largest absolute Gasteiger partial charge is 0.497 e. The van der Waals surface area contributed by atoms with Gasteiger partial charge in [-0.15, -0.1) is 0 Å². The summed E-state index contributed by atoms with van der Waals surface area (Å²) in [4.78, 5) is 41.9. The molecule has 0 saturated carbocycles. The van der Waals surface area contributed by atoms with Crippen LogP contribution in [0.4, 0.5) is 23.4 Å². The molecule has 8 rings (SSSR count). The number of anilines is 4. The molecule has 0 unspecified atom stereocenters. The van der Waals surface area contributed by atoms with E-state index in [1.165, 1.54) is 0 Å². The van der Waals surface area contributed by atoms with Crippen molar-refractivity contribution in [2.24, 2.45) is 0 Å². The lowest BCUT2D eigenvalue weighted by Gasteiger charge is -2.29. The monoisotopic (exact) mass is 762 g/mol. The maximum atomic E-state index is 13.5. The van der Waals surface area contributed by atoms with Gasteiger partial charge in [0.05, 0.1) is 57.1 Å². The van der Waals surface area contributed by atoms with Crippen molar-refractivity contribution < 1.29 is 23.7 Å². The molecule has 2 saturated heterocycles. The van der Waals surface area contributed by atoms with Gasteiger partial charge in [0.25, 0.3) is 5.91 Å². The molecule has 13 nitrogen and oxygen atoms in total. The van der Waals surface area contributed by atoms with Crippen LogP contribution in [-0.2, 0) is 29.0 Å². The maximum absolute atomic E-state index is 13.5. The van der Waals surface area contributed by atoms with Crippen molar-refractivity contribution in [3.8, 4) is 22.8 Å². The Morgan fingerprint density at radius 1 is 0.782 bits per heavy atom. The number of aromatic nitrogens is 4. The number of morpholine rings is 2. The van der Waals surface area contributed by atoms with Crippen LogP contribution in [0.15, 0.2) is 79.1 Å². The third-order valence-corrected chi connectivity index (χ3v) is 10.5. The fourth-order valence-corrected chi connectivity index (χ4v) is 7.35. The van der Waals surface area contributed by atoms with Crippen LogP contribution in [0.1, 0.15) is 27.0 Å². The topological polar surface area (TPSA) is 119 Å². The molecular formula is C41H43ClN8O5. The zero-order chi connectivity index (χ0) is 37.7. The summed E-state index contributed by atoms with van der Waals surface area (Å²) in [5.41, 5.74) is 6.04. The van der Waals surface area contributed by atoms with E-state index in [-0.39, 0.29) is 5.91 Å². The lowest BCUT2D eigenvalue weighted by molar-refractivity contribution is 0.0303. The first-order chi connectivity index (χ1) is 27.0. The minimum absolute atomic E-state index is 0.0386. The predicted octanol–water partition coefficient (Wildman–Crippen LogP) is 5.81. The van der Waals surface area contributed by atoms with E-state index in [9.17, 15) is 4.79 Å². The van der Waals surface area contributed by atoms with Gasteiger partial charge in [-0.05, 0) is 60.0 Å². The van der Waals surface area contributed by atoms with Crippen LogP contribution in [0.2, 0.25) is 5.02 Å². The number of hydrogen-bond acceptors (Lipinski definition) is 12. The number of nitrogens with zero attached hydrogens (tertiary/aromatic N) is 8. The van der Waals surface area contributed by atoms with E-state index < -0.39 is 0 Å². The van der Waals surface area contributed by atoms with Crippen molar-refractivity contribution in [3.63, 3.8) is 0 Å². The van der Waals surface area contributed by atoms with Gasteiger partial charge in [0.15, 0.2) is 0 Å². The number of rotatable bonds is 11. The van der Waals surface area contributed by atoms with E-state index in [2.05, 4.69) is 39.0 Å². The van der Waals surface area contributed by atoms with Crippen LogP contribution >= 0.6 is 11.6 Å². The number of amides is 1. The summed E-state index contributed by atoms with van der Waals surface area (Å²) >= 11 is 6.88. The van der Waals surface area contributed by atoms with Crippen molar-refractivity contribution in [3.05, 3.63) is 106 Å². The molecule has 3 aliphatic rings. The Hall–Kier alpha value is -5.50. The fourth-order valence-electron chi connectivity index (χ4n) is 7.13. The second-order valence-corrected chi connectivity index (χ2v) is 14.0. The summed E-state index contributed by atoms with van der Waals surface area (Å²) in [6, 6.07) is 21.5. The number of carbonyl (C=O) groups excluding carboxylic acids is 1. The zero-order valence-corrected chi connectivity index (χ0v) is 31.7. The highest BCUT2D eigenvalue weighted by Gasteiger charge is 2.31. The SMILES string of the molecule is COc1ccc(CN(Cc2ccc(OC)cc2)c2ncc(-c3nc(N4CCOCC4)nc4c3CCN4c3cc(C(=O)N4CCOCC4)ccc3Cl)cn2)cc1. The quantitative estimate of drug-likeness (QED) is 0.162. The lowest BCUT2D eigenvalue weighted by Crippen LogP contribution is -2.40. The number of ether oxygens (including phenoxy) is 4. The Balaban J connectivity index is 1.14. The van der Waals surface area contributed by atoms with Crippen LogP contribution in [0.25, 0.3) is 11.3 Å². The molecule has 1 amide bonds. The lowest BCUT2D eigenvalue weighted by atomic mass is 10.1. The Kier molecular flexibility index (Phi) is 10.9. The van der Waals surface area contributed by atoms with Crippen LogP contribution in [0, 0.1) is 0 Å². The van der Waals surface area contributed by atoms with E-state index in [4.69, 9.17) is 50.5 Å². The van der Waals surface area contributed by atoms with E-state index in [1.54, 1.807) is 26.4 Å². The van der Waals surface area contributed by atoms with Crippen LogP contribution < -0.4 is 24.2 Å². The number of fused-ring (bicyclic) bond motifs is 1. The first kappa shape index (κ1) is 36.5. The highest BCUT2D eigenvalue weighted by Crippen LogP contribution is 2.42. The molecule has 0 spiro atoms. The summed E-state index contributed by atoms with van der Waals surface area (Å²) in [6.45, 7) is 6.50. The molecule has 0 aliphatic carbocycles. The van der Waals surface area contributed by atoms with Crippen molar-refractivity contribution in [2.45, 2.75) is 19.5 Å². The molecule has 5 aromatic rings. The fraction of sp³-hybridized carbons (Fsp3) is 0.341. The number of methoxy groups -OCH3 is 2. The van der Waals surface area contributed by atoms with Crippen LogP contribution in [-0.4, -0.2) is 104 Å². The van der Waals surface area contributed by atoms with Gasteiger partial charge in [-0.2, -0.15) is 4.98 Å². The minimum atomic E-state index is -0.0386. The Morgan fingerprint density at radius 3 is 1.98 bits per heavy atom. The normalized spacial score (nSPS) is 15.5. The second-order valence-electron chi connectivity index (χ2n) is 13.6. The smallest absolute Gasteiger partial charge is 0.254 e. The molecule has 5 heterocycles. The molecule has 0 N–H and O–H groups in total. The molecule has 284 valence electrons. The van der Waals surface area contributed by atoms with Crippen LogP contribution in [0.5, 0.6) is 11.5 Å². The summed E-state index contributed by atoms with van der Waals surface area (Å²) in [6.07, 6.45) is 4.37. The molecule has 2 fully saturated rings. The second kappa shape index (κ2) is 16.5. The molecule has 0 atom stereocenters. The van der Waals surface area contributed by atoms with E-state index in [0.717, 1.165) is 51.0 Å². The number of hydrogen-bond donors (Lipinski definition) is 0. The zero-order valence-electron chi connectivity index (χ0n) is 31.0. The van der Waals surface area contributed by atoms with Crippen molar-refractivity contribution in [2.75, 3.05) is 88.1 Å².